The van der Waals surface area contributed by atoms with E-state index in [1.54, 1.807) is 7.11 Å². The fraction of sp³-hybridized carbons (Fsp3) is 1.00. The molecule has 1 unspecified atom stereocenters. The van der Waals surface area contributed by atoms with E-state index in [-0.39, 0.29) is 18.3 Å². The Morgan fingerprint density at radius 3 is 2.73 bits per heavy atom. The summed E-state index contributed by atoms with van der Waals surface area (Å²) in [6, 6.07) is 0. The number of aliphatic hydroxyl groups is 1. The Labute approximate surface area is 65.1 Å². The zero-order valence-electron chi connectivity index (χ0n) is 6.40. The molecule has 0 radical (unpaired) electrons. The zero-order chi connectivity index (χ0) is 7.84. The fourth-order valence-electron chi connectivity index (χ4n) is 1.65. The third kappa shape index (κ3) is 1.06. The van der Waals surface area contributed by atoms with Crippen LogP contribution in [-0.4, -0.2) is 49.8 Å². The summed E-state index contributed by atoms with van der Waals surface area (Å²) in [7, 11) is 1.63. The minimum absolute atomic E-state index is 0.00264. The second kappa shape index (κ2) is 2.71. The monoisotopic (exact) mass is 160 g/mol. The molecule has 1 N–H and O–H groups in total. The van der Waals surface area contributed by atoms with Gasteiger partial charge in [0, 0.05) is 7.11 Å². The molecule has 0 aliphatic carbocycles. The highest BCUT2D eigenvalue weighted by Crippen LogP contribution is 2.28. The van der Waals surface area contributed by atoms with Crippen LogP contribution in [-0.2, 0) is 14.2 Å². The van der Waals surface area contributed by atoms with Gasteiger partial charge in [-0.05, 0) is 0 Å². The van der Waals surface area contributed by atoms with Gasteiger partial charge in [0.2, 0.25) is 0 Å². The normalized spacial score (nSPS) is 49.6. The molecule has 4 heteroatoms. The summed E-state index contributed by atoms with van der Waals surface area (Å²) in [6.07, 6.45) is -0.702. The predicted molar refractivity (Wildman–Crippen MR) is 36.3 cm³/mol. The van der Waals surface area contributed by atoms with Crippen LogP contribution >= 0.6 is 0 Å². The Kier molecular flexibility index (Phi) is 1.85. The summed E-state index contributed by atoms with van der Waals surface area (Å²) in [5.41, 5.74) is 0. The average molecular weight is 160 g/mol. The minimum atomic E-state index is -0.472. The van der Waals surface area contributed by atoms with Crippen molar-refractivity contribution < 1.29 is 19.3 Å². The lowest BCUT2D eigenvalue weighted by Gasteiger charge is -2.12. The van der Waals surface area contributed by atoms with Crippen molar-refractivity contribution in [3.05, 3.63) is 0 Å². The van der Waals surface area contributed by atoms with Crippen LogP contribution in [0.25, 0.3) is 0 Å². The van der Waals surface area contributed by atoms with E-state index in [1.807, 2.05) is 0 Å². The van der Waals surface area contributed by atoms with E-state index in [9.17, 15) is 5.11 Å². The average Bonchev–Trinajstić information content (AvgIpc) is 2.53. The molecule has 2 heterocycles. The van der Waals surface area contributed by atoms with E-state index in [0.717, 1.165) is 0 Å². The quantitative estimate of drug-likeness (QED) is 0.543. The van der Waals surface area contributed by atoms with Gasteiger partial charge in [-0.3, -0.25) is 0 Å². The molecule has 2 saturated heterocycles. The molecule has 2 rings (SSSR count). The summed E-state index contributed by atoms with van der Waals surface area (Å²) in [4.78, 5) is 0. The Balaban J connectivity index is 2.04. The van der Waals surface area contributed by atoms with E-state index in [4.69, 9.17) is 14.2 Å². The Hall–Kier alpha value is -0.160. The summed E-state index contributed by atoms with van der Waals surface area (Å²) < 4.78 is 15.7. The van der Waals surface area contributed by atoms with Gasteiger partial charge in [-0.25, -0.2) is 0 Å². The summed E-state index contributed by atoms with van der Waals surface area (Å²) >= 11 is 0. The molecular weight excluding hydrogens is 148 g/mol. The highest BCUT2D eigenvalue weighted by atomic mass is 16.6. The van der Waals surface area contributed by atoms with Gasteiger partial charge in [0.05, 0.1) is 13.2 Å². The predicted octanol–water partition coefficient (Wildman–Crippen LogP) is -0.840. The first-order valence-electron chi connectivity index (χ1n) is 3.77. The topological polar surface area (TPSA) is 47.9 Å². The van der Waals surface area contributed by atoms with Gasteiger partial charge in [-0.2, -0.15) is 0 Å². The van der Waals surface area contributed by atoms with Crippen molar-refractivity contribution in [2.24, 2.45) is 0 Å². The van der Waals surface area contributed by atoms with Gasteiger partial charge in [0.25, 0.3) is 0 Å². The number of rotatable bonds is 1. The van der Waals surface area contributed by atoms with E-state index < -0.39 is 6.10 Å². The molecule has 0 aromatic heterocycles. The van der Waals surface area contributed by atoms with Crippen molar-refractivity contribution in [2.75, 3.05) is 20.3 Å². The van der Waals surface area contributed by atoms with Gasteiger partial charge in [0.1, 0.15) is 24.4 Å². The third-order valence-corrected chi connectivity index (χ3v) is 2.28. The number of ether oxygens (including phenoxy) is 3. The van der Waals surface area contributed by atoms with Crippen molar-refractivity contribution in [1.29, 1.82) is 0 Å². The molecular formula is C7H12O4. The van der Waals surface area contributed by atoms with Gasteiger partial charge in [0.15, 0.2) is 0 Å². The SMILES string of the molecule is CO[C@H]1CO[C@@H]2C(O)CO[C@H]12. The third-order valence-electron chi connectivity index (χ3n) is 2.28. The first kappa shape index (κ1) is 7.49. The molecule has 64 valence electrons. The number of hydrogen-bond donors (Lipinski definition) is 1. The minimum Gasteiger partial charge on any atom is -0.388 e. The van der Waals surface area contributed by atoms with Crippen molar-refractivity contribution in [1.82, 2.24) is 0 Å². The van der Waals surface area contributed by atoms with Crippen LogP contribution in [0.4, 0.5) is 0 Å². The summed E-state index contributed by atoms with van der Waals surface area (Å²) in [5.74, 6) is 0. The Morgan fingerprint density at radius 2 is 2.00 bits per heavy atom. The van der Waals surface area contributed by atoms with E-state index in [1.165, 1.54) is 0 Å². The van der Waals surface area contributed by atoms with Crippen LogP contribution in [0.3, 0.4) is 0 Å². The van der Waals surface area contributed by atoms with Gasteiger partial charge in [-0.15, -0.1) is 0 Å². The van der Waals surface area contributed by atoms with Crippen LogP contribution in [0.2, 0.25) is 0 Å². The zero-order valence-corrected chi connectivity index (χ0v) is 6.40. The van der Waals surface area contributed by atoms with Crippen LogP contribution in [0.1, 0.15) is 0 Å². The molecule has 4 nitrogen and oxygen atoms in total. The Bertz CT molecular complexity index is 149. The van der Waals surface area contributed by atoms with Crippen molar-refractivity contribution in [2.45, 2.75) is 24.4 Å². The summed E-state index contributed by atoms with van der Waals surface area (Å²) in [5, 5.41) is 9.31. The van der Waals surface area contributed by atoms with Crippen LogP contribution < -0.4 is 0 Å². The molecule has 0 aromatic carbocycles. The first-order chi connectivity index (χ1) is 5.33. The van der Waals surface area contributed by atoms with Crippen molar-refractivity contribution in [3.8, 4) is 0 Å². The van der Waals surface area contributed by atoms with Crippen molar-refractivity contribution >= 4 is 0 Å². The molecule has 0 bridgehead atoms. The fourth-order valence-corrected chi connectivity index (χ4v) is 1.65. The number of hydrogen-bond acceptors (Lipinski definition) is 4. The highest BCUT2D eigenvalue weighted by Gasteiger charge is 2.47. The standard InChI is InChI=1S/C7H12O4/c1-9-5-3-11-6-4(8)2-10-7(5)6/h4-8H,2-3H2,1H3/t4?,5-,6+,7+/m0/s1. The molecule has 11 heavy (non-hydrogen) atoms. The number of methoxy groups -OCH3 is 1. The van der Waals surface area contributed by atoms with E-state index in [0.29, 0.717) is 13.2 Å². The Morgan fingerprint density at radius 1 is 1.27 bits per heavy atom. The van der Waals surface area contributed by atoms with E-state index >= 15 is 0 Å². The molecule has 2 fully saturated rings. The molecule has 0 saturated carbocycles. The van der Waals surface area contributed by atoms with Gasteiger partial charge < -0.3 is 19.3 Å². The van der Waals surface area contributed by atoms with Gasteiger partial charge in [-0.1, -0.05) is 0 Å². The van der Waals surface area contributed by atoms with E-state index in [2.05, 4.69) is 0 Å². The lowest BCUT2D eigenvalue weighted by molar-refractivity contribution is -0.0168. The van der Waals surface area contributed by atoms with Crippen LogP contribution in [0, 0.1) is 0 Å². The van der Waals surface area contributed by atoms with Crippen LogP contribution in [0.15, 0.2) is 0 Å². The summed E-state index contributed by atoms with van der Waals surface area (Å²) in [6.45, 7) is 0.901. The second-order valence-corrected chi connectivity index (χ2v) is 2.94. The van der Waals surface area contributed by atoms with Crippen molar-refractivity contribution in [3.63, 3.8) is 0 Å². The number of fused-ring (bicyclic) bond motifs is 1. The first-order valence-corrected chi connectivity index (χ1v) is 3.77. The maximum atomic E-state index is 9.31. The molecule has 2 aliphatic rings. The number of aliphatic hydroxyl groups excluding tert-OH is 1. The highest BCUT2D eigenvalue weighted by molar-refractivity contribution is 4.94. The maximum Gasteiger partial charge on any atom is 0.115 e. The van der Waals surface area contributed by atoms with Crippen LogP contribution in [0.5, 0.6) is 0 Å². The smallest absolute Gasteiger partial charge is 0.115 e. The van der Waals surface area contributed by atoms with Gasteiger partial charge >= 0.3 is 0 Å². The molecule has 2 aliphatic heterocycles. The molecule has 0 spiro atoms. The molecule has 0 aromatic rings. The lowest BCUT2D eigenvalue weighted by atomic mass is 10.1. The molecule has 4 atom stereocenters. The molecule has 0 amide bonds. The largest absolute Gasteiger partial charge is 0.388 e. The maximum absolute atomic E-state index is 9.31. The lowest BCUT2D eigenvalue weighted by Crippen LogP contribution is -2.32. The second-order valence-electron chi connectivity index (χ2n) is 2.94.